The zero-order chi connectivity index (χ0) is 13.8. The molecular weight excluding hydrogens is 234 g/mol. The fourth-order valence-corrected chi connectivity index (χ4v) is 3.69. The molecule has 3 rings (SSSR count). The van der Waals surface area contributed by atoms with Gasteiger partial charge in [0.2, 0.25) is 0 Å². The van der Waals surface area contributed by atoms with Crippen LogP contribution in [0, 0.1) is 10.8 Å². The van der Waals surface area contributed by atoms with Gasteiger partial charge in [-0.05, 0) is 29.4 Å². The zero-order valence-corrected chi connectivity index (χ0v) is 12.4. The van der Waals surface area contributed by atoms with E-state index >= 15 is 0 Å². The number of rotatable bonds is 2. The van der Waals surface area contributed by atoms with E-state index in [0.29, 0.717) is 12.1 Å². The molecule has 2 heteroatoms. The number of nitrogens with one attached hydrogen (secondary N) is 1. The van der Waals surface area contributed by atoms with Crippen LogP contribution in [0.1, 0.15) is 51.3 Å². The molecule has 2 aliphatic carbocycles. The van der Waals surface area contributed by atoms with Crippen LogP contribution in [0.3, 0.4) is 0 Å². The maximum Gasteiger partial charge on any atom is 0.0621 e. The number of aliphatic hydroxyl groups is 1. The van der Waals surface area contributed by atoms with Crippen molar-refractivity contribution in [1.82, 2.24) is 5.32 Å². The maximum absolute atomic E-state index is 9.91. The van der Waals surface area contributed by atoms with Gasteiger partial charge >= 0.3 is 0 Å². The number of hydrogen-bond donors (Lipinski definition) is 2. The molecule has 0 radical (unpaired) electrons. The van der Waals surface area contributed by atoms with Gasteiger partial charge in [-0.3, -0.25) is 0 Å². The SMILES string of the molecule is CC1(C)Cc2ccccc2C1NC1CC(O)C1(C)C. The Kier molecular flexibility index (Phi) is 2.81. The van der Waals surface area contributed by atoms with Crippen molar-refractivity contribution in [1.29, 1.82) is 0 Å². The third kappa shape index (κ3) is 1.93. The van der Waals surface area contributed by atoms with Crippen molar-refractivity contribution < 1.29 is 5.11 Å². The molecule has 3 unspecified atom stereocenters. The number of fused-ring (bicyclic) bond motifs is 1. The molecule has 0 heterocycles. The van der Waals surface area contributed by atoms with Crippen LogP contribution in [0.25, 0.3) is 0 Å². The number of hydrogen-bond acceptors (Lipinski definition) is 2. The lowest BCUT2D eigenvalue weighted by atomic mass is 9.64. The van der Waals surface area contributed by atoms with E-state index in [4.69, 9.17) is 0 Å². The van der Waals surface area contributed by atoms with Gasteiger partial charge in [-0.1, -0.05) is 52.0 Å². The quantitative estimate of drug-likeness (QED) is 0.855. The highest BCUT2D eigenvalue weighted by atomic mass is 16.3. The Morgan fingerprint density at radius 1 is 1.16 bits per heavy atom. The third-order valence-electron chi connectivity index (χ3n) is 5.38. The molecular formula is C17H25NO. The summed E-state index contributed by atoms with van der Waals surface area (Å²) in [7, 11) is 0. The van der Waals surface area contributed by atoms with Crippen molar-refractivity contribution in [2.75, 3.05) is 0 Å². The lowest BCUT2D eigenvalue weighted by molar-refractivity contribution is -0.0799. The van der Waals surface area contributed by atoms with Crippen molar-refractivity contribution in [3.05, 3.63) is 35.4 Å². The van der Waals surface area contributed by atoms with Gasteiger partial charge in [-0.25, -0.2) is 0 Å². The van der Waals surface area contributed by atoms with Crippen LogP contribution in [0.4, 0.5) is 0 Å². The molecule has 0 aromatic heterocycles. The lowest BCUT2D eigenvalue weighted by Gasteiger charge is -2.52. The first-order valence-corrected chi connectivity index (χ1v) is 7.34. The molecule has 2 N–H and O–H groups in total. The highest BCUT2D eigenvalue weighted by Gasteiger charge is 2.50. The van der Waals surface area contributed by atoms with Gasteiger partial charge in [0.25, 0.3) is 0 Å². The molecule has 2 nitrogen and oxygen atoms in total. The Hall–Kier alpha value is -0.860. The molecule has 1 fully saturated rings. The molecule has 2 aliphatic rings. The Bertz CT molecular complexity index is 492. The summed E-state index contributed by atoms with van der Waals surface area (Å²) in [6.07, 6.45) is 1.85. The van der Waals surface area contributed by atoms with Crippen LogP contribution in [0.15, 0.2) is 24.3 Å². The predicted octanol–water partition coefficient (Wildman–Crippen LogP) is 3.06. The molecule has 1 aromatic carbocycles. The monoisotopic (exact) mass is 259 g/mol. The van der Waals surface area contributed by atoms with E-state index in [1.807, 2.05) is 0 Å². The van der Waals surface area contributed by atoms with Gasteiger partial charge in [0.15, 0.2) is 0 Å². The highest BCUT2D eigenvalue weighted by Crippen LogP contribution is 2.48. The Morgan fingerprint density at radius 2 is 1.84 bits per heavy atom. The van der Waals surface area contributed by atoms with E-state index in [0.717, 1.165) is 12.8 Å². The van der Waals surface area contributed by atoms with Crippen molar-refractivity contribution >= 4 is 0 Å². The summed E-state index contributed by atoms with van der Waals surface area (Å²) in [5, 5.41) is 13.7. The zero-order valence-electron chi connectivity index (χ0n) is 12.4. The number of aliphatic hydroxyl groups excluding tert-OH is 1. The standard InChI is InChI=1S/C17H25NO/c1-16(2)10-11-7-5-6-8-12(11)15(16)18-13-9-14(19)17(13,3)4/h5-8,13-15,18-19H,9-10H2,1-4H3. The molecule has 0 amide bonds. The second-order valence-corrected chi connectivity index (χ2v) is 7.59. The van der Waals surface area contributed by atoms with E-state index < -0.39 is 0 Å². The van der Waals surface area contributed by atoms with Crippen LogP contribution in [0.2, 0.25) is 0 Å². The van der Waals surface area contributed by atoms with E-state index in [1.165, 1.54) is 11.1 Å². The summed E-state index contributed by atoms with van der Waals surface area (Å²) in [5.41, 5.74) is 3.17. The fourth-order valence-electron chi connectivity index (χ4n) is 3.69. The predicted molar refractivity (Wildman–Crippen MR) is 78.0 cm³/mol. The van der Waals surface area contributed by atoms with Crippen LogP contribution in [-0.4, -0.2) is 17.3 Å². The van der Waals surface area contributed by atoms with Gasteiger partial charge in [-0.2, -0.15) is 0 Å². The minimum absolute atomic E-state index is 0.00634. The summed E-state index contributed by atoms with van der Waals surface area (Å²) in [6.45, 7) is 9.00. The largest absolute Gasteiger partial charge is 0.392 e. The summed E-state index contributed by atoms with van der Waals surface area (Å²) in [6, 6.07) is 9.59. The van der Waals surface area contributed by atoms with Crippen molar-refractivity contribution in [3.63, 3.8) is 0 Å². The van der Waals surface area contributed by atoms with Gasteiger partial charge in [-0.15, -0.1) is 0 Å². The van der Waals surface area contributed by atoms with E-state index in [2.05, 4.69) is 57.3 Å². The van der Waals surface area contributed by atoms with Crippen LogP contribution in [0.5, 0.6) is 0 Å². The van der Waals surface area contributed by atoms with Crippen molar-refractivity contribution in [2.45, 2.75) is 58.7 Å². The smallest absolute Gasteiger partial charge is 0.0621 e. The average molecular weight is 259 g/mol. The van der Waals surface area contributed by atoms with Gasteiger partial charge in [0, 0.05) is 17.5 Å². The molecule has 104 valence electrons. The summed E-state index contributed by atoms with van der Waals surface area (Å²) >= 11 is 0. The summed E-state index contributed by atoms with van der Waals surface area (Å²) in [4.78, 5) is 0. The van der Waals surface area contributed by atoms with Gasteiger partial charge in [0.1, 0.15) is 0 Å². The summed E-state index contributed by atoms with van der Waals surface area (Å²) < 4.78 is 0. The first-order chi connectivity index (χ1) is 8.82. The van der Waals surface area contributed by atoms with Crippen LogP contribution < -0.4 is 5.32 Å². The topological polar surface area (TPSA) is 32.3 Å². The molecule has 1 aromatic rings. The van der Waals surface area contributed by atoms with E-state index in [-0.39, 0.29) is 16.9 Å². The summed E-state index contributed by atoms with van der Waals surface area (Å²) in [5.74, 6) is 0. The van der Waals surface area contributed by atoms with E-state index in [9.17, 15) is 5.11 Å². The minimum atomic E-state index is -0.162. The molecule has 1 saturated carbocycles. The maximum atomic E-state index is 9.91. The molecule has 0 aliphatic heterocycles. The van der Waals surface area contributed by atoms with Crippen LogP contribution in [-0.2, 0) is 6.42 Å². The molecule has 0 spiro atoms. The first kappa shape index (κ1) is 13.1. The van der Waals surface area contributed by atoms with Gasteiger partial charge < -0.3 is 10.4 Å². The first-order valence-electron chi connectivity index (χ1n) is 7.34. The molecule has 19 heavy (non-hydrogen) atoms. The highest BCUT2D eigenvalue weighted by molar-refractivity contribution is 5.37. The van der Waals surface area contributed by atoms with Gasteiger partial charge in [0.05, 0.1) is 6.10 Å². The van der Waals surface area contributed by atoms with Crippen LogP contribution >= 0.6 is 0 Å². The second-order valence-electron chi connectivity index (χ2n) is 7.59. The normalized spacial score (nSPS) is 34.7. The average Bonchev–Trinajstić information content (AvgIpc) is 2.60. The Labute approximate surface area is 116 Å². The Balaban J connectivity index is 1.84. The van der Waals surface area contributed by atoms with Crippen molar-refractivity contribution in [3.8, 4) is 0 Å². The minimum Gasteiger partial charge on any atom is -0.392 e. The molecule has 3 atom stereocenters. The van der Waals surface area contributed by atoms with E-state index in [1.54, 1.807) is 0 Å². The third-order valence-corrected chi connectivity index (χ3v) is 5.38. The van der Waals surface area contributed by atoms with Crippen molar-refractivity contribution in [2.24, 2.45) is 10.8 Å². The number of benzene rings is 1. The fraction of sp³-hybridized carbons (Fsp3) is 0.647. The second kappa shape index (κ2) is 4.07. The lowest BCUT2D eigenvalue weighted by Crippen LogP contribution is -2.61. The Morgan fingerprint density at radius 3 is 2.47 bits per heavy atom. The molecule has 0 bridgehead atoms. The molecule has 0 saturated heterocycles.